The van der Waals surface area contributed by atoms with E-state index >= 15 is 0 Å². The van der Waals surface area contributed by atoms with Crippen LogP contribution in [0.15, 0.2) is 11.6 Å². The molecule has 0 aliphatic heterocycles. The maximum Gasteiger partial charge on any atom is 0.315 e. The van der Waals surface area contributed by atoms with E-state index in [9.17, 15) is 13.6 Å². The van der Waals surface area contributed by atoms with E-state index in [4.69, 9.17) is 0 Å². The first-order chi connectivity index (χ1) is 6.89. The summed E-state index contributed by atoms with van der Waals surface area (Å²) >= 11 is 0. The predicted molar refractivity (Wildman–Crippen MR) is 53.9 cm³/mol. The molecule has 0 aromatic heterocycles. The number of amides is 2. The molecule has 2 amide bonds. The summed E-state index contributed by atoms with van der Waals surface area (Å²) in [4.78, 5) is 11.1. The van der Waals surface area contributed by atoms with E-state index in [0.29, 0.717) is 6.54 Å². The van der Waals surface area contributed by atoms with Crippen LogP contribution in [0.2, 0.25) is 0 Å². The topological polar surface area (TPSA) is 41.1 Å². The van der Waals surface area contributed by atoms with Crippen molar-refractivity contribution in [1.29, 1.82) is 0 Å². The minimum atomic E-state index is -2.59. The summed E-state index contributed by atoms with van der Waals surface area (Å²) in [5, 5.41) is 5.06. The highest BCUT2D eigenvalue weighted by Crippen LogP contribution is 2.37. The lowest BCUT2D eigenvalue weighted by atomic mass is 9.88. The average Bonchev–Trinajstić information content (AvgIpc) is 1.99. The second-order valence-electron chi connectivity index (χ2n) is 4.10. The third-order valence-electron chi connectivity index (χ3n) is 2.20. The number of urea groups is 1. The molecular weight excluding hydrogens is 202 g/mol. The lowest BCUT2D eigenvalue weighted by Crippen LogP contribution is -2.53. The minimum Gasteiger partial charge on any atom is -0.335 e. The molecule has 1 aliphatic rings. The molecule has 1 rings (SSSR count). The highest BCUT2D eigenvalue weighted by Gasteiger charge is 2.45. The van der Waals surface area contributed by atoms with Gasteiger partial charge in [-0.1, -0.05) is 11.6 Å². The Morgan fingerprint density at radius 3 is 2.53 bits per heavy atom. The molecule has 1 fully saturated rings. The Bertz CT molecular complexity index is 265. The lowest BCUT2D eigenvalue weighted by Gasteiger charge is -2.35. The number of alkyl halides is 2. The summed E-state index contributed by atoms with van der Waals surface area (Å²) in [6.45, 7) is 4.27. The van der Waals surface area contributed by atoms with Crippen molar-refractivity contribution < 1.29 is 13.6 Å². The van der Waals surface area contributed by atoms with E-state index in [0.717, 1.165) is 5.57 Å². The summed E-state index contributed by atoms with van der Waals surface area (Å²) < 4.78 is 24.8. The van der Waals surface area contributed by atoms with Crippen LogP contribution in [-0.2, 0) is 0 Å². The molecule has 1 aliphatic carbocycles. The largest absolute Gasteiger partial charge is 0.335 e. The number of hydrogen-bond donors (Lipinski definition) is 2. The van der Waals surface area contributed by atoms with Crippen molar-refractivity contribution in [3.8, 4) is 0 Å². The van der Waals surface area contributed by atoms with Crippen molar-refractivity contribution in [3.05, 3.63) is 11.6 Å². The van der Waals surface area contributed by atoms with Gasteiger partial charge in [-0.05, 0) is 13.8 Å². The van der Waals surface area contributed by atoms with Crippen molar-refractivity contribution >= 4 is 6.03 Å². The lowest BCUT2D eigenvalue weighted by molar-refractivity contribution is -0.0896. The van der Waals surface area contributed by atoms with Gasteiger partial charge in [0.05, 0.1) is 0 Å². The van der Waals surface area contributed by atoms with Crippen LogP contribution in [-0.4, -0.2) is 24.5 Å². The van der Waals surface area contributed by atoms with Crippen molar-refractivity contribution in [2.75, 3.05) is 6.54 Å². The summed E-state index contributed by atoms with van der Waals surface area (Å²) in [6, 6.07) is -0.764. The molecule has 1 saturated carbocycles. The summed E-state index contributed by atoms with van der Waals surface area (Å²) in [7, 11) is 0. The maximum atomic E-state index is 12.4. The maximum absolute atomic E-state index is 12.4. The molecule has 0 saturated heterocycles. The molecule has 3 nitrogen and oxygen atoms in total. The Hall–Kier alpha value is -1.13. The first-order valence-electron chi connectivity index (χ1n) is 4.94. The summed E-state index contributed by atoms with van der Waals surface area (Å²) in [5.41, 5.74) is 1.10. The minimum absolute atomic E-state index is 0.247. The zero-order chi connectivity index (χ0) is 11.5. The molecule has 0 aromatic rings. The van der Waals surface area contributed by atoms with Gasteiger partial charge in [0.1, 0.15) is 0 Å². The molecule has 0 radical (unpaired) electrons. The molecule has 0 unspecified atom stereocenters. The van der Waals surface area contributed by atoms with E-state index in [-0.39, 0.29) is 24.9 Å². The number of nitrogens with one attached hydrogen (secondary N) is 2. The standard InChI is InChI=1S/C10H16F2N2O/c1-7(2)3-4-13-9(15)14-8-5-10(11,12)6-8/h3,8H,4-6H2,1-2H3,(H2,13,14,15). The van der Waals surface area contributed by atoms with Gasteiger partial charge in [0, 0.05) is 25.4 Å². The van der Waals surface area contributed by atoms with Crippen LogP contribution in [0.5, 0.6) is 0 Å². The molecule has 0 aromatic carbocycles. The smallest absolute Gasteiger partial charge is 0.315 e. The van der Waals surface area contributed by atoms with Gasteiger partial charge in [0.25, 0.3) is 5.92 Å². The molecule has 0 bridgehead atoms. The van der Waals surface area contributed by atoms with Crippen LogP contribution in [0.1, 0.15) is 26.7 Å². The molecule has 2 N–H and O–H groups in total. The van der Waals surface area contributed by atoms with E-state index in [2.05, 4.69) is 10.6 Å². The van der Waals surface area contributed by atoms with Crippen molar-refractivity contribution in [2.24, 2.45) is 0 Å². The average molecular weight is 218 g/mol. The fraction of sp³-hybridized carbons (Fsp3) is 0.700. The van der Waals surface area contributed by atoms with Crippen LogP contribution < -0.4 is 10.6 Å². The Morgan fingerprint density at radius 2 is 2.07 bits per heavy atom. The fourth-order valence-electron chi connectivity index (χ4n) is 1.35. The molecule has 0 atom stereocenters. The van der Waals surface area contributed by atoms with Crippen LogP contribution in [0.4, 0.5) is 13.6 Å². The molecular formula is C10H16F2N2O. The fourth-order valence-corrected chi connectivity index (χ4v) is 1.35. The van der Waals surface area contributed by atoms with E-state index < -0.39 is 5.92 Å². The van der Waals surface area contributed by atoms with Gasteiger partial charge >= 0.3 is 6.03 Å². The Morgan fingerprint density at radius 1 is 1.47 bits per heavy atom. The zero-order valence-corrected chi connectivity index (χ0v) is 8.94. The normalized spacial score (nSPS) is 18.9. The van der Waals surface area contributed by atoms with Crippen LogP contribution >= 0.6 is 0 Å². The second kappa shape index (κ2) is 4.59. The van der Waals surface area contributed by atoms with Gasteiger partial charge in [-0.3, -0.25) is 0 Å². The van der Waals surface area contributed by atoms with Crippen molar-refractivity contribution in [1.82, 2.24) is 10.6 Å². The number of allylic oxidation sites excluding steroid dienone is 1. The number of hydrogen-bond acceptors (Lipinski definition) is 1. The van der Waals surface area contributed by atoms with Gasteiger partial charge in [-0.25, -0.2) is 13.6 Å². The third kappa shape index (κ3) is 4.27. The molecule has 0 heterocycles. The molecule has 86 valence electrons. The second-order valence-corrected chi connectivity index (χ2v) is 4.10. The predicted octanol–water partition coefficient (Wildman–Crippen LogP) is 2.05. The first-order valence-corrected chi connectivity index (χ1v) is 4.94. The van der Waals surface area contributed by atoms with E-state index in [1.54, 1.807) is 0 Å². The van der Waals surface area contributed by atoms with E-state index in [1.165, 1.54) is 0 Å². The Balaban J connectivity index is 2.13. The first kappa shape index (κ1) is 11.9. The molecule has 15 heavy (non-hydrogen) atoms. The van der Waals surface area contributed by atoms with E-state index in [1.807, 2.05) is 19.9 Å². The number of carbonyl (C=O) groups excluding carboxylic acids is 1. The van der Waals surface area contributed by atoms with Crippen LogP contribution in [0.3, 0.4) is 0 Å². The quantitative estimate of drug-likeness (QED) is 0.699. The van der Waals surface area contributed by atoms with Crippen molar-refractivity contribution in [3.63, 3.8) is 0 Å². The third-order valence-corrected chi connectivity index (χ3v) is 2.20. The van der Waals surface area contributed by atoms with Gasteiger partial charge < -0.3 is 10.6 Å². The molecule has 5 heteroatoms. The Labute approximate surface area is 87.9 Å². The SMILES string of the molecule is CC(C)=CCNC(=O)NC1CC(F)(F)C1. The van der Waals surface area contributed by atoms with Gasteiger partial charge in [0.2, 0.25) is 0 Å². The zero-order valence-electron chi connectivity index (χ0n) is 8.94. The number of carbonyl (C=O) groups is 1. The molecule has 0 spiro atoms. The Kier molecular flexibility index (Phi) is 3.66. The van der Waals surface area contributed by atoms with Gasteiger partial charge in [-0.15, -0.1) is 0 Å². The number of rotatable bonds is 3. The highest BCUT2D eigenvalue weighted by molar-refractivity contribution is 5.74. The van der Waals surface area contributed by atoms with Crippen LogP contribution in [0.25, 0.3) is 0 Å². The van der Waals surface area contributed by atoms with Gasteiger partial charge in [-0.2, -0.15) is 0 Å². The van der Waals surface area contributed by atoms with Crippen molar-refractivity contribution in [2.45, 2.75) is 38.7 Å². The highest BCUT2D eigenvalue weighted by atomic mass is 19.3. The monoisotopic (exact) mass is 218 g/mol. The van der Waals surface area contributed by atoms with Crippen LogP contribution in [0, 0.1) is 0 Å². The summed E-state index contributed by atoms with van der Waals surface area (Å²) in [5.74, 6) is -2.59. The number of halogens is 2. The summed E-state index contributed by atoms with van der Waals surface area (Å²) in [6.07, 6.45) is 1.36. The van der Waals surface area contributed by atoms with Gasteiger partial charge in [0.15, 0.2) is 0 Å².